The second-order valence-electron chi connectivity index (χ2n) is 29.7. The van der Waals surface area contributed by atoms with Crippen molar-refractivity contribution in [3.63, 3.8) is 0 Å². The first kappa shape index (κ1) is 63.6. The molecule has 0 N–H and O–H groups in total. The zero-order chi connectivity index (χ0) is 74.7. The molecule has 2 aliphatic carbocycles. The highest BCUT2D eigenvalue weighted by Crippen LogP contribution is 2.65. The molecule has 0 radical (unpaired) electrons. The van der Waals surface area contributed by atoms with Crippen LogP contribution in [0.3, 0.4) is 0 Å². The summed E-state index contributed by atoms with van der Waals surface area (Å²) in [6.07, 6.45) is 0. The Labute approximate surface area is 654 Å². The van der Waals surface area contributed by atoms with Crippen molar-refractivity contribution < 1.29 is 18.3 Å². The summed E-state index contributed by atoms with van der Waals surface area (Å²) in [6.45, 7) is 0. The molecule has 1 unspecified atom stereocenters. The normalized spacial score (nSPS) is 14.2. The van der Waals surface area contributed by atoms with Gasteiger partial charge >= 0.3 is 0 Å². The molecule has 0 saturated heterocycles. The number of rotatable bonds is 9. The third-order valence-corrected chi connectivity index (χ3v) is 23.8. The van der Waals surface area contributed by atoms with E-state index in [0.717, 1.165) is 156 Å². The van der Waals surface area contributed by atoms with E-state index in [4.69, 9.17) is 48.2 Å². The molecule has 2 spiro atoms. The largest absolute Gasteiger partial charge is 0.457 e. The van der Waals surface area contributed by atoms with E-state index in [2.05, 4.69) is 267 Å². The molecule has 16 aromatic carbocycles. The van der Waals surface area contributed by atoms with Gasteiger partial charge in [0.1, 0.15) is 45.3 Å². The molecule has 10 nitrogen and oxygen atoms in total. The zero-order valence-corrected chi connectivity index (χ0v) is 61.0. The number of aromatic nitrogens is 6. The fourth-order valence-electron chi connectivity index (χ4n) is 18.8. The molecular weight excluding hydrogens is 1400 g/mol. The summed E-state index contributed by atoms with van der Waals surface area (Å²) in [4.78, 5) is 31.1. The van der Waals surface area contributed by atoms with Crippen LogP contribution in [-0.2, 0) is 10.8 Å². The topological polar surface area (TPSA) is 122 Å². The number of ether oxygens (including phenoxy) is 2. The molecule has 0 fully saturated rings. The summed E-state index contributed by atoms with van der Waals surface area (Å²) < 4.78 is 28.4. The fourth-order valence-corrected chi connectivity index (χ4v) is 18.8. The van der Waals surface area contributed by atoms with Gasteiger partial charge in [-0.05, 0) is 115 Å². The predicted molar refractivity (Wildman–Crippen MR) is 451 cm³/mol. The Morgan fingerprint density at radius 2 is 0.474 bits per heavy atom. The lowest BCUT2D eigenvalue weighted by atomic mass is 9.65. The van der Waals surface area contributed by atoms with Crippen LogP contribution in [0.4, 0.5) is 0 Å². The monoisotopic (exact) mass is 1460 g/mol. The smallest absolute Gasteiger partial charge is 0.167 e. The average Bonchev–Trinajstić information content (AvgIpc) is 1.50. The van der Waals surface area contributed by atoms with E-state index in [0.29, 0.717) is 46.1 Å². The first-order valence-corrected chi connectivity index (χ1v) is 38.4. The molecule has 24 rings (SSSR count). The van der Waals surface area contributed by atoms with Crippen LogP contribution in [-0.4, -0.2) is 29.9 Å². The quantitative estimate of drug-likeness (QED) is 0.138. The molecule has 20 aromatic rings. The molecular formula is C104H60N6O4. The predicted octanol–water partition coefficient (Wildman–Crippen LogP) is 25.8. The first-order chi connectivity index (χ1) is 56.5. The standard InChI is InChI=1S/C104H60N6O4/c1-4-24-62(25-5-1)97-105-98(63-26-6-2-7-27-63)108-101(107-97)78-39-22-37-76-74-35-20-33-69(93(74)113-95(76)78)67-54-57-91-88(59-67)104(86-45-17-18-46-89(86)111-91)83-43-15-12-32-73(83)80-58-66(52-55-84(80)104)61-48-50-65(51-49-61)100-106-99(64-28-8-3-9-29-64)109-102(110-100)79-40-23-38-77-75-36-21-34-70(94(75)114-96(77)79)68-53-56-87-92(60-68)112-90-47-19-16-44-85(90)103(87)81-41-13-10-30-71(81)72-31-11-14-42-82(72)103/h1-60H. The third kappa shape index (κ3) is 9.30. The van der Waals surface area contributed by atoms with Crippen LogP contribution < -0.4 is 9.47 Å². The van der Waals surface area contributed by atoms with Crippen LogP contribution in [0.1, 0.15) is 44.5 Å². The Hall–Kier alpha value is -15.3. The van der Waals surface area contributed by atoms with Crippen molar-refractivity contribution in [2.75, 3.05) is 0 Å². The maximum absolute atomic E-state index is 7.22. The van der Waals surface area contributed by atoms with E-state index in [9.17, 15) is 0 Å². The minimum atomic E-state index is -0.760. The van der Waals surface area contributed by atoms with Gasteiger partial charge in [-0.2, -0.15) is 0 Å². The molecule has 4 aromatic heterocycles. The molecule has 0 amide bonds. The van der Waals surface area contributed by atoms with Crippen molar-refractivity contribution in [2.45, 2.75) is 10.8 Å². The Morgan fingerprint density at radius 3 is 0.965 bits per heavy atom. The number of benzene rings is 16. The molecule has 10 heteroatoms. The second kappa shape index (κ2) is 24.6. The summed E-state index contributed by atoms with van der Waals surface area (Å²) in [5, 5.41) is 3.89. The third-order valence-electron chi connectivity index (χ3n) is 23.8. The maximum atomic E-state index is 7.22. The molecule has 4 aliphatic rings. The van der Waals surface area contributed by atoms with Crippen LogP contribution in [0, 0.1) is 0 Å². The molecule has 0 bridgehead atoms. The summed E-state index contributed by atoms with van der Waals surface area (Å²) in [7, 11) is 0. The van der Waals surface area contributed by atoms with Gasteiger partial charge in [0, 0.05) is 77.2 Å². The van der Waals surface area contributed by atoms with Crippen molar-refractivity contribution in [1.82, 2.24) is 29.9 Å². The van der Waals surface area contributed by atoms with E-state index in [-0.39, 0.29) is 0 Å². The summed E-state index contributed by atoms with van der Waals surface area (Å²) in [5.74, 6) is 6.54. The van der Waals surface area contributed by atoms with Gasteiger partial charge in [-0.15, -0.1) is 0 Å². The number of furan rings is 2. The fraction of sp³-hybridized carbons (Fsp3) is 0.0192. The second-order valence-corrected chi connectivity index (χ2v) is 29.7. The van der Waals surface area contributed by atoms with Gasteiger partial charge in [-0.25, -0.2) is 29.9 Å². The van der Waals surface area contributed by atoms with Crippen LogP contribution in [0.2, 0.25) is 0 Å². The number of para-hydroxylation sites is 6. The molecule has 2 aliphatic heterocycles. The molecule has 0 saturated carbocycles. The minimum absolute atomic E-state index is 0.501. The lowest BCUT2D eigenvalue weighted by molar-refractivity contribution is 0.436. The Balaban J connectivity index is 0.591. The minimum Gasteiger partial charge on any atom is -0.457 e. The van der Waals surface area contributed by atoms with E-state index in [1.54, 1.807) is 0 Å². The van der Waals surface area contributed by atoms with Crippen molar-refractivity contribution in [1.29, 1.82) is 0 Å². The highest BCUT2D eigenvalue weighted by Gasteiger charge is 2.53. The lowest BCUT2D eigenvalue weighted by Crippen LogP contribution is -2.32. The number of hydrogen-bond donors (Lipinski definition) is 0. The number of fused-ring (bicyclic) bond motifs is 24. The van der Waals surface area contributed by atoms with Gasteiger partial charge in [0.05, 0.1) is 22.0 Å². The number of hydrogen-bond acceptors (Lipinski definition) is 10. The molecule has 530 valence electrons. The van der Waals surface area contributed by atoms with Crippen molar-refractivity contribution in [3.05, 3.63) is 408 Å². The average molecular weight is 1460 g/mol. The highest BCUT2D eigenvalue weighted by molar-refractivity contribution is 6.14. The summed E-state index contributed by atoms with van der Waals surface area (Å²) >= 11 is 0. The Kier molecular flexibility index (Phi) is 13.7. The maximum Gasteiger partial charge on any atom is 0.167 e. The van der Waals surface area contributed by atoms with E-state index >= 15 is 0 Å². The van der Waals surface area contributed by atoms with Gasteiger partial charge in [0.2, 0.25) is 0 Å². The molecule has 6 heterocycles. The van der Waals surface area contributed by atoms with E-state index in [1.165, 1.54) is 33.4 Å². The van der Waals surface area contributed by atoms with Gasteiger partial charge in [-0.1, -0.05) is 315 Å². The van der Waals surface area contributed by atoms with Gasteiger partial charge in [0.25, 0.3) is 0 Å². The highest BCUT2D eigenvalue weighted by atomic mass is 16.5. The van der Waals surface area contributed by atoms with Gasteiger partial charge in [-0.3, -0.25) is 0 Å². The Morgan fingerprint density at radius 1 is 0.167 bits per heavy atom. The molecule has 114 heavy (non-hydrogen) atoms. The van der Waals surface area contributed by atoms with Crippen LogP contribution >= 0.6 is 0 Å². The van der Waals surface area contributed by atoms with Crippen LogP contribution in [0.15, 0.2) is 373 Å². The van der Waals surface area contributed by atoms with E-state index in [1.807, 2.05) is 97.1 Å². The van der Waals surface area contributed by atoms with Crippen molar-refractivity contribution in [2.24, 2.45) is 0 Å². The van der Waals surface area contributed by atoms with Crippen LogP contribution in [0.25, 0.3) is 168 Å². The van der Waals surface area contributed by atoms with Crippen molar-refractivity contribution >= 4 is 43.9 Å². The van der Waals surface area contributed by atoms with Gasteiger partial charge < -0.3 is 18.3 Å². The van der Waals surface area contributed by atoms with Gasteiger partial charge in [0.15, 0.2) is 34.9 Å². The Bertz CT molecular complexity index is 7340. The number of nitrogens with zero attached hydrogens (tertiary/aromatic N) is 6. The lowest BCUT2D eigenvalue weighted by Gasteiger charge is -2.39. The van der Waals surface area contributed by atoms with Crippen molar-refractivity contribution in [3.8, 4) is 147 Å². The SMILES string of the molecule is c1ccc(-c2nc(-c3ccc(-c4ccc5c(c4)-c4ccccc4C54c5ccccc5Oc5ccc(-c6cccc7c6oc6c(-c8nc(-c9ccccc9)nc(-c9ccccc9)n8)cccc67)cc54)cc3)nc(-c3cccc4c3oc3c(-c5ccc6c(c5)Oc5ccccc5C65c6ccccc6-c6ccccc65)cccc34)n2)cc1. The first-order valence-electron chi connectivity index (χ1n) is 38.4. The van der Waals surface area contributed by atoms with Crippen LogP contribution in [0.5, 0.6) is 23.0 Å². The molecule has 1 atom stereocenters. The van der Waals surface area contributed by atoms with E-state index < -0.39 is 10.8 Å². The zero-order valence-electron chi connectivity index (χ0n) is 61.0. The summed E-state index contributed by atoms with van der Waals surface area (Å²) in [6, 6.07) is 128. The summed E-state index contributed by atoms with van der Waals surface area (Å²) in [5.41, 5.74) is 26.6.